The highest BCUT2D eigenvalue weighted by molar-refractivity contribution is 5.71. The lowest BCUT2D eigenvalue weighted by Crippen LogP contribution is -2.25. The van der Waals surface area contributed by atoms with Crippen molar-refractivity contribution in [2.45, 2.75) is 64.2 Å². The van der Waals surface area contributed by atoms with Crippen LogP contribution in [-0.4, -0.2) is 0 Å². The zero-order valence-corrected chi connectivity index (χ0v) is 22.6. The molecule has 204 valence electrons. The van der Waals surface area contributed by atoms with Gasteiger partial charge in [-0.2, -0.15) is 4.39 Å². The van der Waals surface area contributed by atoms with Crippen molar-refractivity contribution in [1.82, 2.24) is 0 Å². The van der Waals surface area contributed by atoms with Gasteiger partial charge in [-0.1, -0.05) is 48.6 Å². The Morgan fingerprint density at radius 1 is 0.718 bits per heavy atom. The first-order valence-corrected chi connectivity index (χ1v) is 14.3. The fraction of sp³-hybridized carbons (Fsp3) is 0.371. The van der Waals surface area contributed by atoms with Gasteiger partial charge in [0.05, 0.1) is 6.26 Å². The van der Waals surface area contributed by atoms with Crippen molar-refractivity contribution in [3.05, 3.63) is 103 Å². The molecule has 4 heteroatoms. The summed E-state index contributed by atoms with van der Waals surface area (Å²) in [6.45, 7) is 5.69. The molecule has 2 aliphatic rings. The van der Waals surface area contributed by atoms with E-state index >= 15 is 4.39 Å². The van der Waals surface area contributed by atoms with E-state index in [2.05, 4.69) is 18.7 Å². The largest absolute Gasteiger partial charge is 0.462 e. The molecule has 0 aliphatic heterocycles. The van der Waals surface area contributed by atoms with Gasteiger partial charge in [0, 0.05) is 11.1 Å². The summed E-state index contributed by atoms with van der Waals surface area (Å²) in [7, 11) is 0. The molecule has 5 rings (SSSR count). The number of benzene rings is 3. The second-order valence-corrected chi connectivity index (χ2v) is 11.2. The highest BCUT2D eigenvalue weighted by atomic mass is 19.2. The average molecular weight is 531 g/mol. The second kappa shape index (κ2) is 12.3. The third-order valence-electron chi connectivity index (χ3n) is 8.94. The van der Waals surface area contributed by atoms with Crippen LogP contribution in [0.15, 0.2) is 79.6 Å². The standard InChI is InChI=1S/C35H37F3O/c1-3-21-39-33-20-19-31(34(37)35(33)38)28-15-13-27(14-16-28)30-18-17-29(22-32(30)36)26-11-9-25(10-12-26)24-7-5-23(4-2)6-8-24/h3-4,13-26H,2,5-12H2,1H3/b21-3-. The van der Waals surface area contributed by atoms with Gasteiger partial charge in [-0.25, -0.2) is 8.78 Å². The van der Waals surface area contributed by atoms with E-state index in [9.17, 15) is 8.78 Å². The molecule has 0 amide bonds. The highest BCUT2D eigenvalue weighted by Crippen LogP contribution is 2.44. The van der Waals surface area contributed by atoms with Gasteiger partial charge in [-0.05, 0) is 117 Å². The fourth-order valence-corrected chi connectivity index (χ4v) is 6.61. The van der Waals surface area contributed by atoms with Crippen LogP contribution in [0.4, 0.5) is 13.2 Å². The van der Waals surface area contributed by atoms with Crippen molar-refractivity contribution < 1.29 is 17.9 Å². The van der Waals surface area contributed by atoms with E-state index in [1.165, 1.54) is 56.9 Å². The zero-order chi connectivity index (χ0) is 27.4. The minimum absolute atomic E-state index is 0.132. The Hall–Kier alpha value is -3.27. The van der Waals surface area contributed by atoms with Crippen LogP contribution in [0.5, 0.6) is 5.75 Å². The van der Waals surface area contributed by atoms with E-state index in [-0.39, 0.29) is 17.1 Å². The maximum atomic E-state index is 15.3. The number of rotatable bonds is 7. The Kier molecular flexibility index (Phi) is 8.60. The molecule has 0 N–H and O–H groups in total. The molecule has 3 aromatic carbocycles. The highest BCUT2D eigenvalue weighted by Gasteiger charge is 2.31. The molecule has 0 bridgehead atoms. The molecular weight excluding hydrogens is 493 g/mol. The van der Waals surface area contributed by atoms with Crippen molar-refractivity contribution in [2.75, 3.05) is 0 Å². The molecule has 2 fully saturated rings. The third kappa shape index (κ3) is 6.00. The van der Waals surface area contributed by atoms with Crippen LogP contribution in [0, 0.1) is 35.2 Å². The minimum atomic E-state index is -1.04. The quantitative estimate of drug-likeness (QED) is 0.218. The van der Waals surface area contributed by atoms with Gasteiger partial charge in [0.25, 0.3) is 0 Å². The maximum Gasteiger partial charge on any atom is 0.201 e. The fourth-order valence-electron chi connectivity index (χ4n) is 6.61. The minimum Gasteiger partial charge on any atom is -0.462 e. The van der Waals surface area contributed by atoms with Crippen molar-refractivity contribution >= 4 is 0 Å². The van der Waals surface area contributed by atoms with Gasteiger partial charge >= 0.3 is 0 Å². The van der Waals surface area contributed by atoms with E-state index in [1.807, 2.05) is 6.07 Å². The van der Waals surface area contributed by atoms with E-state index in [4.69, 9.17) is 4.74 Å². The Morgan fingerprint density at radius 2 is 1.31 bits per heavy atom. The van der Waals surface area contributed by atoms with Crippen molar-refractivity contribution in [2.24, 2.45) is 17.8 Å². The van der Waals surface area contributed by atoms with E-state index in [1.54, 1.807) is 43.3 Å². The smallest absolute Gasteiger partial charge is 0.201 e. The van der Waals surface area contributed by atoms with Gasteiger partial charge in [0.2, 0.25) is 5.82 Å². The predicted octanol–water partition coefficient (Wildman–Crippen LogP) is 10.6. The van der Waals surface area contributed by atoms with Crippen LogP contribution < -0.4 is 4.74 Å². The molecule has 2 saturated carbocycles. The summed E-state index contributed by atoms with van der Waals surface area (Å²) in [5.74, 6) is 0.349. The number of ether oxygens (including phenoxy) is 1. The first-order chi connectivity index (χ1) is 19.0. The normalized spacial score (nSPS) is 23.6. The molecule has 0 saturated heterocycles. The van der Waals surface area contributed by atoms with E-state index < -0.39 is 11.6 Å². The summed E-state index contributed by atoms with van der Waals surface area (Å²) in [6, 6.07) is 15.4. The van der Waals surface area contributed by atoms with Crippen LogP contribution in [-0.2, 0) is 0 Å². The SMILES string of the molecule is C=CC1CCC(C2CCC(c3ccc(-c4ccc(-c5ccc(O/C=C\C)c(F)c5F)cc4)c(F)c3)CC2)CC1. The summed E-state index contributed by atoms with van der Waals surface area (Å²) in [5, 5.41) is 0. The third-order valence-corrected chi connectivity index (χ3v) is 8.94. The number of allylic oxidation sites excluding steroid dienone is 2. The van der Waals surface area contributed by atoms with Gasteiger partial charge in [0.15, 0.2) is 11.6 Å². The lowest BCUT2D eigenvalue weighted by molar-refractivity contribution is 0.171. The average Bonchev–Trinajstić information content (AvgIpc) is 2.98. The van der Waals surface area contributed by atoms with Gasteiger partial charge in [0.1, 0.15) is 5.82 Å². The van der Waals surface area contributed by atoms with E-state index in [0.29, 0.717) is 28.5 Å². The van der Waals surface area contributed by atoms with Crippen molar-refractivity contribution in [3.63, 3.8) is 0 Å². The topological polar surface area (TPSA) is 9.23 Å². The first-order valence-electron chi connectivity index (χ1n) is 14.3. The van der Waals surface area contributed by atoms with Crippen LogP contribution >= 0.6 is 0 Å². The molecular formula is C35H37F3O. The predicted molar refractivity (Wildman–Crippen MR) is 153 cm³/mol. The van der Waals surface area contributed by atoms with Gasteiger partial charge in [-0.15, -0.1) is 6.58 Å². The summed E-state index contributed by atoms with van der Waals surface area (Å²) >= 11 is 0. The summed E-state index contributed by atoms with van der Waals surface area (Å²) < 4.78 is 49.5. The number of halogens is 3. The maximum absolute atomic E-state index is 15.3. The van der Waals surface area contributed by atoms with Crippen molar-refractivity contribution in [1.29, 1.82) is 0 Å². The molecule has 0 heterocycles. The Labute approximate surface area is 230 Å². The number of hydrogen-bond donors (Lipinski definition) is 0. The molecule has 0 aromatic heterocycles. The first kappa shape index (κ1) is 27.3. The van der Waals surface area contributed by atoms with Gasteiger partial charge < -0.3 is 4.74 Å². The summed E-state index contributed by atoms with van der Waals surface area (Å²) in [5.41, 5.74) is 2.95. The monoisotopic (exact) mass is 530 g/mol. The molecule has 1 nitrogen and oxygen atoms in total. The molecule has 0 spiro atoms. The Bertz CT molecular complexity index is 1310. The Balaban J connectivity index is 1.24. The lowest BCUT2D eigenvalue weighted by Gasteiger charge is -2.37. The molecule has 0 atom stereocenters. The molecule has 0 unspecified atom stereocenters. The summed E-state index contributed by atoms with van der Waals surface area (Å²) in [6.07, 6.45) is 15.0. The van der Waals surface area contributed by atoms with Crippen LogP contribution in [0.2, 0.25) is 0 Å². The van der Waals surface area contributed by atoms with Crippen molar-refractivity contribution in [3.8, 4) is 28.0 Å². The van der Waals surface area contributed by atoms with Crippen LogP contribution in [0.3, 0.4) is 0 Å². The molecule has 2 aliphatic carbocycles. The second-order valence-electron chi connectivity index (χ2n) is 11.2. The molecule has 39 heavy (non-hydrogen) atoms. The van der Waals surface area contributed by atoms with Crippen LogP contribution in [0.25, 0.3) is 22.3 Å². The van der Waals surface area contributed by atoms with Gasteiger partial charge in [-0.3, -0.25) is 0 Å². The lowest BCUT2D eigenvalue weighted by atomic mass is 9.68. The Morgan fingerprint density at radius 3 is 1.90 bits per heavy atom. The zero-order valence-electron chi connectivity index (χ0n) is 22.6. The molecule has 3 aromatic rings. The van der Waals surface area contributed by atoms with Crippen LogP contribution in [0.1, 0.15) is 69.8 Å². The van der Waals surface area contributed by atoms with E-state index in [0.717, 1.165) is 30.2 Å². The molecule has 0 radical (unpaired) electrons. The number of hydrogen-bond acceptors (Lipinski definition) is 1. The summed E-state index contributed by atoms with van der Waals surface area (Å²) in [4.78, 5) is 0.